The summed E-state index contributed by atoms with van der Waals surface area (Å²) in [7, 11) is 0. The van der Waals surface area contributed by atoms with Crippen molar-refractivity contribution in [2.45, 2.75) is 39.3 Å². The van der Waals surface area contributed by atoms with E-state index in [1.807, 2.05) is 6.92 Å². The van der Waals surface area contributed by atoms with Gasteiger partial charge in [-0.15, -0.1) is 0 Å². The number of aromatic nitrogens is 2. The first-order chi connectivity index (χ1) is 7.65. The maximum Gasteiger partial charge on any atom is 0.266 e. The minimum absolute atomic E-state index is 0.00160. The standard InChI is InChI=1S/C12H19N3O/c1-9-5-12(16)15(14-7-9)8-10(2)6-13-11-3-4-11/h5,7,10-11,13H,3-4,6,8H2,1-2H3. The van der Waals surface area contributed by atoms with Gasteiger partial charge in [0.15, 0.2) is 0 Å². The SMILES string of the molecule is Cc1cnn(CC(C)CNC2CC2)c(=O)c1. The molecule has 0 aliphatic heterocycles. The molecular weight excluding hydrogens is 202 g/mol. The zero-order chi connectivity index (χ0) is 11.5. The third-order valence-electron chi connectivity index (χ3n) is 2.82. The van der Waals surface area contributed by atoms with Crippen LogP contribution in [0.1, 0.15) is 25.3 Å². The summed E-state index contributed by atoms with van der Waals surface area (Å²) in [5.41, 5.74) is 0.920. The maximum atomic E-state index is 11.6. The Morgan fingerprint density at radius 2 is 2.38 bits per heavy atom. The van der Waals surface area contributed by atoms with Gasteiger partial charge in [0, 0.05) is 18.7 Å². The molecule has 0 saturated heterocycles. The molecule has 0 aromatic carbocycles. The highest BCUT2D eigenvalue weighted by Crippen LogP contribution is 2.18. The largest absolute Gasteiger partial charge is 0.314 e. The Labute approximate surface area is 95.7 Å². The second-order valence-corrected chi connectivity index (χ2v) is 4.84. The molecule has 1 aromatic heterocycles. The van der Waals surface area contributed by atoms with Crippen LogP contribution in [0, 0.1) is 12.8 Å². The zero-order valence-corrected chi connectivity index (χ0v) is 9.94. The predicted molar refractivity (Wildman–Crippen MR) is 63.4 cm³/mol. The summed E-state index contributed by atoms with van der Waals surface area (Å²) in [6, 6.07) is 2.36. The molecule has 1 fully saturated rings. The van der Waals surface area contributed by atoms with Crippen LogP contribution in [-0.4, -0.2) is 22.4 Å². The van der Waals surface area contributed by atoms with Crippen molar-refractivity contribution in [1.82, 2.24) is 15.1 Å². The van der Waals surface area contributed by atoms with Crippen LogP contribution in [0.3, 0.4) is 0 Å². The third kappa shape index (κ3) is 3.17. The van der Waals surface area contributed by atoms with Crippen molar-refractivity contribution < 1.29 is 0 Å². The van der Waals surface area contributed by atoms with Crippen molar-refractivity contribution >= 4 is 0 Å². The summed E-state index contributed by atoms with van der Waals surface area (Å²) in [4.78, 5) is 11.6. The van der Waals surface area contributed by atoms with E-state index in [0.717, 1.165) is 18.2 Å². The van der Waals surface area contributed by atoms with E-state index >= 15 is 0 Å². The quantitative estimate of drug-likeness (QED) is 0.805. The fourth-order valence-corrected chi connectivity index (χ4v) is 1.68. The molecule has 0 radical (unpaired) electrons. The van der Waals surface area contributed by atoms with Crippen LogP contribution in [0.25, 0.3) is 0 Å². The Hall–Kier alpha value is -1.16. The molecular formula is C12H19N3O. The first kappa shape index (κ1) is 11.3. The molecule has 1 N–H and O–H groups in total. The van der Waals surface area contributed by atoms with Crippen molar-refractivity contribution in [3.05, 3.63) is 28.2 Å². The minimum Gasteiger partial charge on any atom is -0.314 e. The van der Waals surface area contributed by atoms with Crippen molar-refractivity contribution in [3.8, 4) is 0 Å². The van der Waals surface area contributed by atoms with Gasteiger partial charge in [-0.1, -0.05) is 6.92 Å². The monoisotopic (exact) mass is 221 g/mol. The van der Waals surface area contributed by atoms with Crippen molar-refractivity contribution in [1.29, 1.82) is 0 Å². The molecule has 2 rings (SSSR count). The van der Waals surface area contributed by atoms with Gasteiger partial charge >= 0.3 is 0 Å². The van der Waals surface area contributed by atoms with Crippen LogP contribution < -0.4 is 10.9 Å². The summed E-state index contributed by atoms with van der Waals surface area (Å²) in [6.07, 6.45) is 4.34. The minimum atomic E-state index is -0.00160. The van der Waals surface area contributed by atoms with Crippen molar-refractivity contribution in [3.63, 3.8) is 0 Å². The number of nitrogens with zero attached hydrogens (tertiary/aromatic N) is 2. The van der Waals surface area contributed by atoms with Gasteiger partial charge in [0.05, 0.1) is 6.20 Å². The first-order valence-electron chi connectivity index (χ1n) is 5.92. The van der Waals surface area contributed by atoms with Crippen LogP contribution in [0.4, 0.5) is 0 Å². The van der Waals surface area contributed by atoms with E-state index in [0.29, 0.717) is 12.5 Å². The highest BCUT2D eigenvalue weighted by molar-refractivity contribution is 5.02. The molecule has 0 spiro atoms. The van der Waals surface area contributed by atoms with Crippen LogP contribution in [0.15, 0.2) is 17.1 Å². The second kappa shape index (κ2) is 4.78. The van der Waals surface area contributed by atoms with E-state index in [-0.39, 0.29) is 5.56 Å². The van der Waals surface area contributed by atoms with Crippen LogP contribution in [-0.2, 0) is 6.54 Å². The molecule has 88 valence electrons. The fourth-order valence-electron chi connectivity index (χ4n) is 1.68. The lowest BCUT2D eigenvalue weighted by atomic mass is 10.2. The average Bonchev–Trinajstić information content (AvgIpc) is 3.03. The molecule has 4 nitrogen and oxygen atoms in total. The van der Waals surface area contributed by atoms with Gasteiger partial charge in [-0.2, -0.15) is 5.10 Å². The van der Waals surface area contributed by atoms with E-state index < -0.39 is 0 Å². The molecule has 1 unspecified atom stereocenters. The van der Waals surface area contributed by atoms with Crippen LogP contribution >= 0.6 is 0 Å². The first-order valence-corrected chi connectivity index (χ1v) is 5.92. The van der Waals surface area contributed by atoms with Gasteiger partial charge in [0.2, 0.25) is 0 Å². The summed E-state index contributed by atoms with van der Waals surface area (Å²) < 4.78 is 1.55. The highest BCUT2D eigenvalue weighted by atomic mass is 16.1. The lowest BCUT2D eigenvalue weighted by Crippen LogP contribution is -2.30. The van der Waals surface area contributed by atoms with E-state index in [4.69, 9.17) is 0 Å². The van der Waals surface area contributed by atoms with Crippen LogP contribution in [0.5, 0.6) is 0 Å². The van der Waals surface area contributed by atoms with E-state index in [2.05, 4.69) is 17.3 Å². The number of nitrogens with one attached hydrogen (secondary N) is 1. The number of rotatable bonds is 5. The Kier molecular flexibility index (Phi) is 3.39. The molecule has 1 aliphatic carbocycles. The predicted octanol–water partition coefficient (Wildman–Crippen LogP) is 0.940. The lowest BCUT2D eigenvalue weighted by Gasteiger charge is -2.13. The Morgan fingerprint density at radius 1 is 1.62 bits per heavy atom. The smallest absolute Gasteiger partial charge is 0.266 e. The van der Waals surface area contributed by atoms with Gasteiger partial charge in [0.1, 0.15) is 0 Å². The average molecular weight is 221 g/mol. The number of hydrogen-bond acceptors (Lipinski definition) is 3. The summed E-state index contributed by atoms with van der Waals surface area (Å²) >= 11 is 0. The molecule has 0 bridgehead atoms. The molecule has 0 amide bonds. The zero-order valence-electron chi connectivity index (χ0n) is 9.94. The van der Waals surface area contributed by atoms with Crippen molar-refractivity contribution in [2.24, 2.45) is 5.92 Å². The topological polar surface area (TPSA) is 46.9 Å². The Morgan fingerprint density at radius 3 is 3.00 bits per heavy atom. The van der Waals surface area contributed by atoms with Gasteiger partial charge in [-0.3, -0.25) is 4.79 Å². The number of aryl methyl sites for hydroxylation is 1. The molecule has 1 aromatic rings. The molecule has 1 atom stereocenters. The summed E-state index contributed by atoms with van der Waals surface area (Å²) in [5, 5.41) is 7.60. The maximum absolute atomic E-state index is 11.6. The van der Waals surface area contributed by atoms with Gasteiger partial charge < -0.3 is 5.32 Å². The van der Waals surface area contributed by atoms with Gasteiger partial charge in [-0.25, -0.2) is 4.68 Å². The number of hydrogen-bond donors (Lipinski definition) is 1. The Balaban J connectivity index is 1.88. The lowest BCUT2D eigenvalue weighted by molar-refractivity contribution is 0.409. The fraction of sp³-hybridized carbons (Fsp3) is 0.667. The molecule has 1 aliphatic rings. The molecule has 1 heterocycles. The van der Waals surface area contributed by atoms with E-state index in [1.165, 1.54) is 12.8 Å². The van der Waals surface area contributed by atoms with Crippen molar-refractivity contribution in [2.75, 3.05) is 6.54 Å². The van der Waals surface area contributed by atoms with E-state index in [9.17, 15) is 4.79 Å². The highest BCUT2D eigenvalue weighted by Gasteiger charge is 2.20. The Bertz CT molecular complexity index is 409. The summed E-state index contributed by atoms with van der Waals surface area (Å²) in [5.74, 6) is 0.438. The second-order valence-electron chi connectivity index (χ2n) is 4.84. The third-order valence-corrected chi connectivity index (χ3v) is 2.82. The van der Waals surface area contributed by atoms with E-state index in [1.54, 1.807) is 16.9 Å². The van der Waals surface area contributed by atoms with Crippen LogP contribution in [0.2, 0.25) is 0 Å². The van der Waals surface area contributed by atoms with Gasteiger partial charge in [0.25, 0.3) is 5.56 Å². The van der Waals surface area contributed by atoms with Gasteiger partial charge in [-0.05, 0) is 37.8 Å². The molecule has 16 heavy (non-hydrogen) atoms. The summed E-state index contributed by atoms with van der Waals surface area (Å²) in [6.45, 7) is 5.69. The molecule has 1 saturated carbocycles. The molecule has 4 heteroatoms. The normalized spacial score (nSPS) is 17.4.